The van der Waals surface area contributed by atoms with Gasteiger partial charge in [-0.15, -0.1) is 0 Å². The minimum Gasteiger partial charge on any atom is -0.507 e. The topological polar surface area (TPSA) is 98.0 Å². The van der Waals surface area contributed by atoms with Crippen molar-refractivity contribution < 1.29 is 25.2 Å². The first-order valence-corrected chi connectivity index (χ1v) is 7.03. The van der Waals surface area contributed by atoms with E-state index in [1.165, 1.54) is 5.57 Å². The Morgan fingerprint density at radius 3 is 2.27 bits per heavy atom. The van der Waals surface area contributed by atoms with Crippen LogP contribution in [0.15, 0.2) is 29.4 Å². The van der Waals surface area contributed by atoms with Crippen molar-refractivity contribution in [2.75, 3.05) is 0 Å². The first kappa shape index (κ1) is 17.6. The summed E-state index contributed by atoms with van der Waals surface area (Å²) < 4.78 is 0. The minimum absolute atomic E-state index is 0.0942. The van der Waals surface area contributed by atoms with E-state index >= 15 is 0 Å². The number of phenols is 3. The zero-order valence-corrected chi connectivity index (χ0v) is 13.1. The summed E-state index contributed by atoms with van der Waals surface area (Å²) in [7, 11) is 0. The molecule has 0 saturated carbocycles. The summed E-state index contributed by atoms with van der Waals surface area (Å²) in [6.45, 7) is 5.99. The molecule has 0 fully saturated rings. The Morgan fingerprint density at radius 2 is 1.73 bits per heavy atom. The lowest BCUT2D eigenvalue weighted by molar-refractivity contribution is 0.0690. The molecule has 0 radical (unpaired) electrons. The number of rotatable bonds is 6. The van der Waals surface area contributed by atoms with E-state index in [0.717, 1.165) is 24.5 Å². The predicted octanol–water partition coefficient (Wildman–Crippen LogP) is 3.74. The SMILES string of the molecule is CC(C)=CCC/C(C)=C/Cc1c(O)cc(O)c(C(=O)O)c1O. The van der Waals surface area contributed by atoms with E-state index in [1.54, 1.807) is 0 Å². The summed E-state index contributed by atoms with van der Waals surface area (Å²) >= 11 is 0. The van der Waals surface area contributed by atoms with Gasteiger partial charge < -0.3 is 20.4 Å². The van der Waals surface area contributed by atoms with Crippen LogP contribution in [0.5, 0.6) is 17.2 Å². The number of benzene rings is 1. The van der Waals surface area contributed by atoms with Gasteiger partial charge in [0.25, 0.3) is 0 Å². The summed E-state index contributed by atoms with van der Waals surface area (Å²) in [6, 6.07) is 0.935. The van der Waals surface area contributed by atoms with Gasteiger partial charge in [0.05, 0.1) is 0 Å². The molecule has 0 bridgehead atoms. The molecule has 0 aliphatic carbocycles. The summed E-state index contributed by atoms with van der Waals surface area (Å²) in [6.07, 6.45) is 5.89. The monoisotopic (exact) mass is 306 g/mol. The number of aromatic carboxylic acids is 1. The molecule has 1 aromatic carbocycles. The molecule has 0 saturated heterocycles. The number of aromatic hydroxyl groups is 3. The molecular formula is C17H22O5. The van der Waals surface area contributed by atoms with Gasteiger partial charge in [-0.05, 0) is 40.0 Å². The molecule has 1 aromatic rings. The Kier molecular flexibility index (Phi) is 6.04. The van der Waals surface area contributed by atoms with Gasteiger partial charge in [-0.2, -0.15) is 0 Å². The van der Waals surface area contributed by atoms with Crippen LogP contribution in [0.1, 0.15) is 49.5 Å². The Balaban J connectivity index is 2.96. The molecule has 0 spiro atoms. The molecule has 120 valence electrons. The van der Waals surface area contributed by atoms with E-state index in [2.05, 4.69) is 6.08 Å². The van der Waals surface area contributed by atoms with Crippen LogP contribution in [0, 0.1) is 0 Å². The van der Waals surface area contributed by atoms with Crippen LogP contribution in [0.2, 0.25) is 0 Å². The van der Waals surface area contributed by atoms with Crippen molar-refractivity contribution in [3.8, 4) is 17.2 Å². The van der Waals surface area contributed by atoms with E-state index < -0.39 is 23.0 Å². The van der Waals surface area contributed by atoms with Gasteiger partial charge in [0.2, 0.25) is 0 Å². The van der Waals surface area contributed by atoms with Gasteiger partial charge in [0.1, 0.15) is 22.8 Å². The largest absolute Gasteiger partial charge is 0.507 e. The third-order valence-corrected chi connectivity index (χ3v) is 3.32. The number of carboxylic acid groups (broad SMARTS) is 1. The van der Waals surface area contributed by atoms with Crippen LogP contribution in [-0.2, 0) is 6.42 Å². The summed E-state index contributed by atoms with van der Waals surface area (Å²) in [5.74, 6) is -3.03. The highest BCUT2D eigenvalue weighted by atomic mass is 16.4. The first-order chi connectivity index (χ1) is 10.2. The molecule has 0 aliphatic heterocycles. The van der Waals surface area contributed by atoms with E-state index in [1.807, 2.05) is 26.8 Å². The van der Waals surface area contributed by atoms with Gasteiger partial charge >= 0.3 is 5.97 Å². The normalized spacial score (nSPS) is 11.3. The van der Waals surface area contributed by atoms with Crippen LogP contribution in [0.3, 0.4) is 0 Å². The number of hydrogen-bond donors (Lipinski definition) is 4. The molecule has 4 N–H and O–H groups in total. The van der Waals surface area contributed by atoms with Gasteiger partial charge in [-0.25, -0.2) is 4.79 Å². The number of hydrogen-bond acceptors (Lipinski definition) is 4. The highest BCUT2D eigenvalue weighted by molar-refractivity contribution is 5.95. The molecule has 22 heavy (non-hydrogen) atoms. The van der Waals surface area contributed by atoms with E-state index in [-0.39, 0.29) is 17.7 Å². The summed E-state index contributed by atoms with van der Waals surface area (Å²) in [5.41, 5.74) is 1.81. The number of allylic oxidation sites excluding steroid dienone is 4. The Hall–Kier alpha value is -2.43. The van der Waals surface area contributed by atoms with E-state index in [0.29, 0.717) is 0 Å². The van der Waals surface area contributed by atoms with Crippen molar-refractivity contribution in [3.63, 3.8) is 0 Å². The van der Waals surface area contributed by atoms with Gasteiger partial charge in [0.15, 0.2) is 0 Å². The molecule has 0 heterocycles. The smallest absolute Gasteiger partial charge is 0.343 e. The number of carbonyl (C=O) groups is 1. The summed E-state index contributed by atoms with van der Waals surface area (Å²) in [5, 5.41) is 38.2. The Labute approximate surface area is 129 Å². The Bertz CT molecular complexity index is 622. The van der Waals surface area contributed by atoms with Crippen molar-refractivity contribution in [2.45, 2.75) is 40.0 Å². The third-order valence-electron chi connectivity index (χ3n) is 3.32. The second-order valence-electron chi connectivity index (χ2n) is 5.50. The molecule has 0 unspecified atom stereocenters. The van der Waals surface area contributed by atoms with Crippen molar-refractivity contribution >= 4 is 5.97 Å². The third kappa shape index (κ3) is 4.55. The minimum atomic E-state index is -1.44. The molecule has 0 atom stereocenters. The lowest BCUT2D eigenvalue weighted by Crippen LogP contribution is -2.00. The van der Waals surface area contributed by atoms with Crippen molar-refractivity contribution in [1.82, 2.24) is 0 Å². The van der Waals surface area contributed by atoms with Crippen LogP contribution in [0.4, 0.5) is 0 Å². The van der Waals surface area contributed by atoms with Crippen LogP contribution in [-0.4, -0.2) is 26.4 Å². The maximum atomic E-state index is 11.0. The lowest BCUT2D eigenvalue weighted by atomic mass is 10.0. The standard InChI is InChI=1S/C17H22O5/c1-10(2)5-4-6-11(3)7-8-12-13(18)9-14(19)15(16(12)20)17(21)22/h5,7,9,18-20H,4,6,8H2,1-3H3,(H,21,22)/b11-7+. The second-order valence-corrected chi connectivity index (χ2v) is 5.50. The zero-order valence-electron chi connectivity index (χ0n) is 13.1. The van der Waals surface area contributed by atoms with E-state index in [9.17, 15) is 20.1 Å². The number of carboxylic acids is 1. The second kappa shape index (κ2) is 7.54. The molecule has 0 amide bonds. The van der Waals surface area contributed by atoms with Crippen LogP contribution >= 0.6 is 0 Å². The van der Waals surface area contributed by atoms with Crippen molar-refractivity contribution in [3.05, 3.63) is 40.5 Å². The average molecular weight is 306 g/mol. The van der Waals surface area contributed by atoms with Crippen LogP contribution < -0.4 is 0 Å². The fourth-order valence-electron chi connectivity index (χ4n) is 2.06. The molecule has 5 heteroatoms. The molecule has 1 rings (SSSR count). The Morgan fingerprint density at radius 1 is 1.09 bits per heavy atom. The molecule has 0 aromatic heterocycles. The van der Waals surface area contributed by atoms with Crippen LogP contribution in [0.25, 0.3) is 0 Å². The average Bonchev–Trinajstić information content (AvgIpc) is 2.36. The fraction of sp³-hybridized carbons (Fsp3) is 0.353. The lowest BCUT2D eigenvalue weighted by Gasteiger charge is -2.10. The van der Waals surface area contributed by atoms with Gasteiger partial charge in [-0.1, -0.05) is 23.3 Å². The van der Waals surface area contributed by atoms with E-state index in [4.69, 9.17) is 5.11 Å². The maximum Gasteiger partial charge on any atom is 0.343 e. The van der Waals surface area contributed by atoms with Crippen molar-refractivity contribution in [2.24, 2.45) is 0 Å². The molecular weight excluding hydrogens is 284 g/mol. The fourth-order valence-corrected chi connectivity index (χ4v) is 2.06. The number of phenolic OH excluding ortho intramolecular Hbond substituents is 1. The van der Waals surface area contributed by atoms with Crippen molar-refractivity contribution in [1.29, 1.82) is 0 Å². The molecule has 5 nitrogen and oxygen atoms in total. The molecule has 0 aliphatic rings. The summed E-state index contributed by atoms with van der Waals surface area (Å²) in [4.78, 5) is 11.0. The maximum absolute atomic E-state index is 11.0. The predicted molar refractivity (Wildman–Crippen MR) is 84.5 cm³/mol. The zero-order chi connectivity index (χ0) is 16.9. The highest BCUT2D eigenvalue weighted by Gasteiger charge is 2.21. The van der Waals surface area contributed by atoms with Gasteiger partial charge in [-0.3, -0.25) is 0 Å². The first-order valence-electron chi connectivity index (χ1n) is 7.03. The highest BCUT2D eigenvalue weighted by Crippen LogP contribution is 2.37. The quantitative estimate of drug-likeness (QED) is 0.600. The van der Waals surface area contributed by atoms with Gasteiger partial charge in [0, 0.05) is 11.6 Å².